The number of rotatable bonds is 2. The van der Waals surface area contributed by atoms with E-state index in [-0.39, 0.29) is 5.56 Å². The molecule has 3 aliphatic rings. The zero-order chi connectivity index (χ0) is 22.7. The molecule has 0 saturated carbocycles. The van der Waals surface area contributed by atoms with Crippen LogP contribution >= 0.6 is 0 Å². The Morgan fingerprint density at radius 1 is 1.00 bits per heavy atom. The van der Waals surface area contributed by atoms with Crippen LogP contribution in [0, 0.1) is 26.2 Å². The van der Waals surface area contributed by atoms with Gasteiger partial charge in [-0.15, -0.1) is 5.10 Å². The number of fused-ring (bicyclic) bond motifs is 2. The Hall–Kier alpha value is -3.00. The first-order valence-electron chi connectivity index (χ1n) is 11.9. The van der Waals surface area contributed by atoms with Gasteiger partial charge in [-0.3, -0.25) is 9.78 Å². The number of anilines is 2. The lowest BCUT2D eigenvalue weighted by atomic mass is 9.77. The number of nitrogens with zero attached hydrogens (tertiary/aromatic N) is 6. The first-order valence-corrected chi connectivity index (χ1v) is 11.9. The Morgan fingerprint density at radius 2 is 1.79 bits per heavy atom. The topological polar surface area (TPSA) is 75.9 Å². The van der Waals surface area contributed by atoms with Crippen molar-refractivity contribution in [3.63, 3.8) is 0 Å². The summed E-state index contributed by atoms with van der Waals surface area (Å²) in [4.78, 5) is 26.7. The Labute approximate surface area is 193 Å². The second-order valence-electron chi connectivity index (χ2n) is 10.00. The van der Waals surface area contributed by atoms with Crippen molar-refractivity contribution in [3.8, 4) is 0 Å². The summed E-state index contributed by atoms with van der Waals surface area (Å²) in [6.07, 6.45) is 5.30. The second kappa shape index (κ2) is 7.52. The molecule has 2 saturated heterocycles. The highest BCUT2D eigenvalue weighted by molar-refractivity contribution is 5.60. The molecule has 0 amide bonds. The lowest BCUT2D eigenvalue weighted by molar-refractivity contribution is -0.124. The summed E-state index contributed by atoms with van der Waals surface area (Å²) in [5.41, 5.74) is 7.35. The van der Waals surface area contributed by atoms with Gasteiger partial charge in [0.05, 0.1) is 25.1 Å². The molecule has 0 bridgehead atoms. The summed E-state index contributed by atoms with van der Waals surface area (Å²) >= 11 is 0. The third-order valence-corrected chi connectivity index (χ3v) is 7.78. The fourth-order valence-corrected chi connectivity index (χ4v) is 5.42. The van der Waals surface area contributed by atoms with Crippen LogP contribution in [0.5, 0.6) is 0 Å². The van der Waals surface area contributed by atoms with Gasteiger partial charge in [0.2, 0.25) is 0 Å². The SMILES string of the molecule is Cc1cc(=O)n2nc(N3CCc4ncc(N5CCC6(CC5)COC6)cc4C3)c(C)c(C)c2n1. The molecule has 0 atom stereocenters. The van der Waals surface area contributed by atoms with Gasteiger partial charge in [-0.25, -0.2) is 4.98 Å². The van der Waals surface area contributed by atoms with Crippen LogP contribution in [0.15, 0.2) is 23.1 Å². The largest absolute Gasteiger partial charge is 0.380 e. The van der Waals surface area contributed by atoms with Gasteiger partial charge in [-0.1, -0.05) is 0 Å². The van der Waals surface area contributed by atoms with Gasteiger partial charge in [0.15, 0.2) is 11.5 Å². The molecule has 0 aromatic carbocycles. The first kappa shape index (κ1) is 20.6. The zero-order valence-corrected chi connectivity index (χ0v) is 19.6. The average molecular weight is 447 g/mol. The van der Waals surface area contributed by atoms with E-state index < -0.39 is 0 Å². The smallest absolute Gasteiger partial charge is 0.274 e. The highest BCUT2D eigenvalue weighted by atomic mass is 16.5. The van der Waals surface area contributed by atoms with Crippen LogP contribution in [0.1, 0.15) is 40.9 Å². The Morgan fingerprint density at radius 3 is 2.52 bits per heavy atom. The molecule has 0 aliphatic carbocycles. The minimum atomic E-state index is -0.136. The molecule has 3 aromatic heterocycles. The van der Waals surface area contributed by atoms with Crippen molar-refractivity contribution < 1.29 is 4.74 Å². The summed E-state index contributed by atoms with van der Waals surface area (Å²) in [6.45, 7) is 11.5. The molecule has 3 aliphatic heterocycles. The second-order valence-corrected chi connectivity index (χ2v) is 10.00. The fraction of sp³-hybridized carbons (Fsp3) is 0.520. The molecule has 3 aromatic rings. The van der Waals surface area contributed by atoms with Crippen LogP contribution in [0.3, 0.4) is 0 Å². The van der Waals surface area contributed by atoms with Gasteiger partial charge in [-0.2, -0.15) is 4.52 Å². The number of hydrogen-bond donors (Lipinski definition) is 0. The van der Waals surface area contributed by atoms with E-state index in [0.29, 0.717) is 11.1 Å². The summed E-state index contributed by atoms with van der Waals surface area (Å²) in [5.74, 6) is 0.855. The number of hydrogen-bond acceptors (Lipinski definition) is 7. The Bertz CT molecular complexity index is 1300. The maximum absolute atomic E-state index is 12.6. The van der Waals surface area contributed by atoms with E-state index in [0.717, 1.165) is 68.5 Å². The standard InChI is InChI=1S/C25H30N6O2/c1-16-10-22(32)31-23(27-16)17(2)18(3)24(28-31)30-7-4-21-19(13-30)11-20(12-26-21)29-8-5-25(6-9-29)14-33-15-25/h10-12H,4-9,13-15H2,1-3H3. The summed E-state index contributed by atoms with van der Waals surface area (Å²) in [7, 11) is 0. The number of ether oxygens (including phenoxy) is 1. The molecule has 1 spiro atoms. The molecule has 33 heavy (non-hydrogen) atoms. The molecule has 8 nitrogen and oxygen atoms in total. The van der Waals surface area contributed by atoms with E-state index in [1.54, 1.807) is 6.07 Å². The maximum atomic E-state index is 12.6. The lowest BCUT2D eigenvalue weighted by Gasteiger charge is -2.47. The number of piperidine rings is 1. The van der Waals surface area contributed by atoms with Crippen LogP contribution in [0.25, 0.3) is 5.65 Å². The molecule has 6 heterocycles. The van der Waals surface area contributed by atoms with E-state index in [1.165, 1.54) is 34.3 Å². The van der Waals surface area contributed by atoms with Crippen LogP contribution < -0.4 is 15.4 Å². The fourth-order valence-electron chi connectivity index (χ4n) is 5.42. The van der Waals surface area contributed by atoms with Crippen LogP contribution in [-0.4, -0.2) is 52.4 Å². The molecule has 172 valence electrons. The molecular formula is C25H30N6O2. The molecule has 0 unspecified atom stereocenters. The summed E-state index contributed by atoms with van der Waals surface area (Å²) in [6, 6.07) is 3.85. The van der Waals surface area contributed by atoms with Crippen molar-refractivity contribution in [2.45, 2.75) is 46.6 Å². The monoisotopic (exact) mass is 446 g/mol. The van der Waals surface area contributed by atoms with Crippen molar-refractivity contribution in [3.05, 3.63) is 56.8 Å². The van der Waals surface area contributed by atoms with Crippen molar-refractivity contribution >= 4 is 17.2 Å². The van der Waals surface area contributed by atoms with Gasteiger partial charge in [-0.05, 0) is 45.2 Å². The zero-order valence-electron chi connectivity index (χ0n) is 19.6. The van der Waals surface area contributed by atoms with Crippen molar-refractivity contribution in [2.75, 3.05) is 42.6 Å². The van der Waals surface area contributed by atoms with Crippen molar-refractivity contribution in [1.29, 1.82) is 0 Å². The average Bonchev–Trinajstić information content (AvgIpc) is 2.80. The highest BCUT2D eigenvalue weighted by Gasteiger charge is 2.41. The van der Waals surface area contributed by atoms with Gasteiger partial charge >= 0.3 is 0 Å². The first-order chi connectivity index (χ1) is 15.9. The summed E-state index contributed by atoms with van der Waals surface area (Å²) < 4.78 is 6.92. The van der Waals surface area contributed by atoms with Gasteiger partial charge in [0.25, 0.3) is 5.56 Å². The minimum Gasteiger partial charge on any atom is -0.380 e. The molecule has 8 heteroatoms. The quantitative estimate of drug-likeness (QED) is 0.599. The van der Waals surface area contributed by atoms with Crippen LogP contribution in [-0.2, 0) is 17.7 Å². The number of aryl methyl sites for hydroxylation is 2. The molecular weight excluding hydrogens is 416 g/mol. The Kier molecular flexibility index (Phi) is 4.69. The van der Waals surface area contributed by atoms with Crippen molar-refractivity contribution in [1.82, 2.24) is 19.6 Å². The number of pyridine rings is 1. The highest BCUT2D eigenvalue weighted by Crippen LogP contribution is 2.39. The molecule has 6 rings (SSSR count). The van der Waals surface area contributed by atoms with E-state index in [9.17, 15) is 4.79 Å². The van der Waals surface area contributed by atoms with Crippen LogP contribution in [0.2, 0.25) is 0 Å². The molecule has 0 N–H and O–H groups in total. The van der Waals surface area contributed by atoms with E-state index >= 15 is 0 Å². The third-order valence-electron chi connectivity index (χ3n) is 7.78. The predicted molar refractivity (Wildman–Crippen MR) is 127 cm³/mol. The lowest BCUT2D eigenvalue weighted by Crippen LogP contribution is -2.51. The molecule has 0 radical (unpaired) electrons. The maximum Gasteiger partial charge on any atom is 0.274 e. The summed E-state index contributed by atoms with van der Waals surface area (Å²) in [5, 5.41) is 4.74. The van der Waals surface area contributed by atoms with Crippen LogP contribution in [0.4, 0.5) is 11.5 Å². The normalized spacial score (nSPS) is 19.6. The molecule has 2 fully saturated rings. The van der Waals surface area contributed by atoms with E-state index in [4.69, 9.17) is 14.8 Å². The van der Waals surface area contributed by atoms with Gasteiger partial charge in [0.1, 0.15) is 0 Å². The number of aromatic nitrogens is 4. The van der Waals surface area contributed by atoms with Gasteiger partial charge in [0, 0.05) is 66.6 Å². The van der Waals surface area contributed by atoms with E-state index in [2.05, 4.69) is 27.8 Å². The minimum absolute atomic E-state index is 0.136. The predicted octanol–water partition coefficient (Wildman–Crippen LogP) is 2.59. The third kappa shape index (κ3) is 3.39. The van der Waals surface area contributed by atoms with Crippen molar-refractivity contribution in [2.24, 2.45) is 5.41 Å². The van der Waals surface area contributed by atoms with Gasteiger partial charge < -0.3 is 14.5 Å². The van der Waals surface area contributed by atoms with E-state index in [1.807, 2.05) is 20.0 Å². The Balaban J connectivity index is 1.29.